The number of aryl methyl sites for hydroxylation is 1. The molecule has 0 saturated heterocycles. The minimum absolute atomic E-state index is 0.668. The van der Waals surface area contributed by atoms with Crippen molar-refractivity contribution in [1.29, 1.82) is 0 Å². The Kier molecular flexibility index (Phi) is 9.06. The summed E-state index contributed by atoms with van der Waals surface area (Å²) in [7, 11) is 0. The molecule has 0 aromatic heterocycles. The van der Waals surface area contributed by atoms with Gasteiger partial charge in [-0.25, -0.2) is 0 Å². The first-order valence-electron chi connectivity index (χ1n) is 7.92. The van der Waals surface area contributed by atoms with Crippen molar-refractivity contribution < 1.29 is 9.47 Å². The molecule has 4 nitrogen and oxygen atoms in total. The third-order valence-electron chi connectivity index (χ3n) is 3.41. The van der Waals surface area contributed by atoms with Gasteiger partial charge in [-0.1, -0.05) is 17.7 Å². The van der Waals surface area contributed by atoms with Crippen LogP contribution >= 0.6 is 0 Å². The second kappa shape index (κ2) is 10.6. The maximum atomic E-state index is 5.76. The van der Waals surface area contributed by atoms with Gasteiger partial charge in [0.15, 0.2) is 0 Å². The van der Waals surface area contributed by atoms with Crippen molar-refractivity contribution in [3.8, 4) is 0 Å². The summed E-state index contributed by atoms with van der Waals surface area (Å²) in [6.07, 6.45) is 0.900. The summed E-state index contributed by atoms with van der Waals surface area (Å²) >= 11 is 0. The number of hydrogen-bond acceptors (Lipinski definition) is 4. The molecule has 0 atom stereocenters. The van der Waals surface area contributed by atoms with Gasteiger partial charge in [-0.15, -0.1) is 0 Å². The first-order valence-corrected chi connectivity index (χ1v) is 7.92. The van der Waals surface area contributed by atoms with Crippen LogP contribution in [0.25, 0.3) is 0 Å². The van der Waals surface area contributed by atoms with Gasteiger partial charge in [-0.05, 0) is 45.4 Å². The summed E-state index contributed by atoms with van der Waals surface area (Å²) in [4.78, 5) is 2.34. The van der Waals surface area contributed by atoms with E-state index in [-0.39, 0.29) is 0 Å². The fourth-order valence-corrected chi connectivity index (χ4v) is 2.37. The Bertz CT molecular complexity index is 386. The van der Waals surface area contributed by atoms with Gasteiger partial charge in [-0.2, -0.15) is 0 Å². The third-order valence-corrected chi connectivity index (χ3v) is 3.41. The average molecular weight is 294 g/mol. The van der Waals surface area contributed by atoms with E-state index in [0.717, 1.165) is 45.9 Å². The standard InChI is InChI=1S/C17H30N2O2/c1-4-20-12-10-19(11-13-21-5-2)17-7-6-15(3)14-16(17)8-9-18/h6-7,14H,4-5,8-13,18H2,1-3H3. The van der Waals surface area contributed by atoms with E-state index in [0.29, 0.717) is 6.54 Å². The van der Waals surface area contributed by atoms with E-state index in [1.165, 1.54) is 16.8 Å². The molecule has 0 aliphatic heterocycles. The molecule has 21 heavy (non-hydrogen) atoms. The Labute approximate surface area is 129 Å². The maximum Gasteiger partial charge on any atom is 0.0641 e. The van der Waals surface area contributed by atoms with Gasteiger partial charge in [-0.3, -0.25) is 0 Å². The third kappa shape index (κ3) is 6.46. The van der Waals surface area contributed by atoms with Crippen LogP contribution in [-0.4, -0.2) is 46.1 Å². The first kappa shape index (κ1) is 18.0. The van der Waals surface area contributed by atoms with E-state index in [9.17, 15) is 0 Å². The number of nitrogens with zero attached hydrogens (tertiary/aromatic N) is 1. The Hall–Kier alpha value is -1.10. The van der Waals surface area contributed by atoms with Gasteiger partial charge in [0.1, 0.15) is 0 Å². The van der Waals surface area contributed by atoms with Gasteiger partial charge in [0.2, 0.25) is 0 Å². The largest absolute Gasteiger partial charge is 0.380 e. The minimum atomic E-state index is 0.668. The fraction of sp³-hybridized carbons (Fsp3) is 0.647. The molecule has 120 valence electrons. The Morgan fingerprint density at radius 1 is 1.05 bits per heavy atom. The summed E-state index contributed by atoms with van der Waals surface area (Å²) in [5, 5.41) is 0. The van der Waals surface area contributed by atoms with Crippen LogP contribution in [0.15, 0.2) is 18.2 Å². The van der Waals surface area contributed by atoms with E-state index in [2.05, 4.69) is 30.0 Å². The molecule has 0 fully saturated rings. The zero-order valence-electron chi connectivity index (χ0n) is 13.7. The number of hydrogen-bond donors (Lipinski definition) is 1. The average Bonchev–Trinajstić information content (AvgIpc) is 2.47. The number of ether oxygens (including phenoxy) is 2. The van der Waals surface area contributed by atoms with Crippen LogP contribution < -0.4 is 10.6 Å². The highest BCUT2D eigenvalue weighted by Crippen LogP contribution is 2.22. The lowest BCUT2D eigenvalue weighted by molar-refractivity contribution is 0.141. The molecule has 1 rings (SSSR count). The van der Waals surface area contributed by atoms with Crippen molar-refractivity contribution in [2.45, 2.75) is 27.2 Å². The maximum absolute atomic E-state index is 5.76. The molecule has 0 heterocycles. The van der Waals surface area contributed by atoms with Crippen molar-refractivity contribution >= 4 is 5.69 Å². The lowest BCUT2D eigenvalue weighted by Gasteiger charge is -2.27. The van der Waals surface area contributed by atoms with Crippen LogP contribution in [0, 0.1) is 6.92 Å². The number of benzene rings is 1. The SMILES string of the molecule is CCOCCN(CCOCC)c1ccc(C)cc1CCN. The molecule has 0 saturated carbocycles. The Morgan fingerprint density at radius 3 is 2.19 bits per heavy atom. The molecule has 0 unspecified atom stereocenters. The van der Waals surface area contributed by atoms with Crippen molar-refractivity contribution in [2.75, 3.05) is 51.0 Å². The van der Waals surface area contributed by atoms with Crippen molar-refractivity contribution in [1.82, 2.24) is 0 Å². The molecular formula is C17H30N2O2. The molecule has 1 aromatic rings. The number of rotatable bonds is 11. The highest BCUT2D eigenvalue weighted by atomic mass is 16.5. The molecule has 1 aromatic carbocycles. The van der Waals surface area contributed by atoms with Gasteiger partial charge in [0.05, 0.1) is 13.2 Å². The monoisotopic (exact) mass is 294 g/mol. The minimum Gasteiger partial charge on any atom is -0.380 e. The molecule has 0 aliphatic carbocycles. The van der Waals surface area contributed by atoms with Crippen LogP contribution in [0.1, 0.15) is 25.0 Å². The first-order chi connectivity index (χ1) is 10.2. The lowest BCUT2D eigenvalue weighted by atomic mass is 10.1. The summed E-state index contributed by atoms with van der Waals surface area (Å²) in [6.45, 7) is 11.6. The lowest BCUT2D eigenvalue weighted by Crippen LogP contribution is -2.32. The quantitative estimate of drug-likeness (QED) is 0.637. The topological polar surface area (TPSA) is 47.7 Å². The van der Waals surface area contributed by atoms with E-state index in [1.807, 2.05) is 13.8 Å². The molecular weight excluding hydrogens is 264 g/mol. The smallest absolute Gasteiger partial charge is 0.0641 e. The molecule has 4 heteroatoms. The number of anilines is 1. The molecule has 0 bridgehead atoms. The number of nitrogens with two attached hydrogens (primary N) is 1. The normalized spacial score (nSPS) is 10.9. The summed E-state index contributed by atoms with van der Waals surface area (Å²) in [5.74, 6) is 0. The highest BCUT2D eigenvalue weighted by Gasteiger charge is 2.11. The second-order valence-corrected chi connectivity index (χ2v) is 5.05. The molecule has 0 spiro atoms. The van der Waals surface area contributed by atoms with Gasteiger partial charge in [0, 0.05) is 32.0 Å². The zero-order valence-corrected chi connectivity index (χ0v) is 13.7. The second-order valence-electron chi connectivity index (χ2n) is 5.05. The fourth-order valence-electron chi connectivity index (χ4n) is 2.37. The molecule has 0 amide bonds. The molecule has 0 radical (unpaired) electrons. The van der Waals surface area contributed by atoms with Crippen LogP contribution in [0.5, 0.6) is 0 Å². The summed E-state index contributed by atoms with van der Waals surface area (Å²) < 4.78 is 11.0. The van der Waals surface area contributed by atoms with E-state index >= 15 is 0 Å². The van der Waals surface area contributed by atoms with Crippen LogP contribution in [0.2, 0.25) is 0 Å². The van der Waals surface area contributed by atoms with E-state index in [1.54, 1.807) is 0 Å². The van der Waals surface area contributed by atoms with Crippen molar-refractivity contribution in [3.05, 3.63) is 29.3 Å². The van der Waals surface area contributed by atoms with Crippen LogP contribution in [0.3, 0.4) is 0 Å². The predicted molar refractivity (Wildman–Crippen MR) is 89.1 cm³/mol. The van der Waals surface area contributed by atoms with Crippen LogP contribution in [-0.2, 0) is 15.9 Å². The Morgan fingerprint density at radius 2 is 1.67 bits per heavy atom. The zero-order chi connectivity index (χ0) is 15.5. The van der Waals surface area contributed by atoms with Gasteiger partial charge < -0.3 is 20.1 Å². The Balaban J connectivity index is 2.83. The summed E-state index contributed by atoms with van der Waals surface area (Å²) in [6, 6.07) is 6.58. The molecule has 2 N–H and O–H groups in total. The van der Waals surface area contributed by atoms with Gasteiger partial charge in [0.25, 0.3) is 0 Å². The predicted octanol–water partition coefficient (Wildman–Crippen LogP) is 2.38. The van der Waals surface area contributed by atoms with Crippen molar-refractivity contribution in [3.63, 3.8) is 0 Å². The highest BCUT2D eigenvalue weighted by molar-refractivity contribution is 5.55. The molecule has 0 aliphatic rings. The van der Waals surface area contributed by atoms with Crippen LogP contribution in [0.4, 0.5) is 5.69 Å². The van der Waals surface area contributed by atoms with E-state index in [4.69, 9.17) is 15.2 Å². The van der Waals surface area contributed by atoms with E-state index < -0.39 is 0 Å². The van der Waals surface area contributed by atoms with Crippen molar-refractivity contribution in [2.24, 2.45) is 5.73 Å². The van der Waals surface area contributed by atoms with Gasteiger partial charge >= 0.3 is 0 Å². The summed E-state index contributed by atoms with van der Waals surface area (Å²) in [5.41, 5.74) is 9.60.